The van der Waals surface area contributed by atoms with E-state index >= 15 is 0 Å². The van der Waals surface area contributed by atoms with Crippen molar-refractivity contribution < 1.29 is 29.3 Å². The standard InChI is InChI=1S/2C18H32O3/c2*1-2-3-10-13-16-17(21-16)14-11-8-6-4-5-7-9-12-15-18(19)20/h2*8,11,16-17H,2-7,9-10,12-15H2,1H3,(H,19,20)/b11-8-;/t16-,17+;/m1./s1. The number of hydrogen-bond donors (Lipinski definition) is 2. The number of unbranched alkanes of at least 4 members (excludes halogenated alkanes) is 14. The molecule has 2 unspecified atom stereocenters. The quantitative estimate of drug-likeness (QED) is 0.0532. The van der Waals surface area contributed by atoms with E-state index in [1.807, 2.05) is 0 Å². The summed E-state index contributed by atoms with van der Waals surface area (Å²) in [5.41, 5.74) is 0. The molecule has 42 heavy (non-hydrogen) atoms. The summed E-state index contributed by atoms with van der Waals surface area (Å²) in [6.45, 7) is 4.47. The van der Waals surface area contributed by atoms with Crippen LogP contribution in [0.5, 0.6) is 0 Å². The smallest absolute Gasteiger partial charge is 0.303 e. The molecule has 0 spiro atoms. The molecular weight excluding hydrogens is 528 g/mol. The van der Waals surface area contributed by atoms with E-state index in [1.165, 1.54) is 77.0 Å². The lowest BCUT2D eigenvalue weighted by molar-refractivity contribution is -0.138. The van der Waals surface area contributed by atoms with E-state index in [2.05, 4.69) is 38.2 Å². The summed E-state index contributed by atoms with van der Waals surface area (Å²) in [4.78, 5) is 20.7. The van der Waals surface area contributed by atoms with Gasteiger partial charge >= 0.3 is 11.9 Å². The highest BCUT2D eigenvalue weighted by Crippen LogP contribution is 2.31. The zero-order valence-corrected chi connectivity index (χ0v) is 27.1. The number of hydrogen-bond acceptors (Lipinski definition) is 4. The van der Waals surface area contributed by atoms with Gasteiger partial charge in [0.1, 0.15) is 0 Å². The van der Waals surface area contributed by atoms with E-state index in [9.17, 15) is 9.59 Å². The van der Waals surface area contributed by atoms with Crippen LogP contribution in [0.1, 0.15) is 168 Å². The second kappa shape index (κ2) is 26.9. The maximum atomic E-state index is 10.3. The normalized spacial score (nSPS) is 21.0. The Morgan fingerprint density at radius 1 is 0.500 bits per heavy atom. The van der Waals surface area contributed by atoms with Crippen LogP contribution in [0.15, 0.2) is 24.3 Å². The highest BCUT2D eigenvalue weighted by atomic mass is 16.6. The predicted molar refractivity (Wildman–Crippen MR) is 173 cm³/mol. The van der Waals surface area contributed by atoms with Crippen LogP contribution in [-0.2, 0) is 19.1 Å². The van der Waals surface area contributed by atoms with Gasteiger partial charge in [-0.3, -0.25) is 9.59 Å². The average molecular weight is 593 g/mol. The van der Waals surface area contributed by atoms with Crippen LogP contribution in [0.2, 0.25) is 0 Å². The van der Waals surface area contributed by atoms with Gasteiger partial charge in [0.2, 0.25) is 0 Å². The molecule has 0 bridgehead atoms. The van der Waals surface area contributed by atoms with Crippen LogP contribution < -0.4 is 0 Å². The number of carboxylic acids is 2. The summed E-state index contributed by atoms with van der Waals surface area (Å²) in [7, 11) is 0. The number of epoxide rings is 2. The first kappa shape index (κ1) is 38.4. The van der Waals surface area contributed by atoms with Gasteiger partial charge in [0.25, 0.3) is 0 Å². The highest BCUT2D eigenvalue weighted by Gasteiger charge is 2.37. The van der Waals surface area contributed by atoms with Crippen molar-refractivity contribution in [3.05, 3.63) is 24.3 Å². The van der Waals surface area contributed by atoms with E-state index in [0.717, 1.165) is 64.2 Å². The Kier molecular flexibility index (Phi) is 24.6. The largest absolute Gasteiger partial charge is 0.481 e. The van der Waals surface area contributed by atoms with Crippen molar-refractivity contribution >= 4 is 11.9 Å². The SMILES string of the molecule is CCCCCC1OC1CC=CCCCCCCCC(=O)O.CCCCC[C@H]1O[C@H]1C/C=C\CCCCCCCC(=O)O. The molecule has 0 aromatic carbocycles. The Balaban J connectivity index is 0.000000420. The van der Waals surface area contributed by atoms with E-state index < -0.39 is 11.9 Å². The highest BCUT2D eigenvalue weighted by molar-refractivity contribution is 5.66. The summed E-state index contributed by atoms with van der Waals surface area (Å²) < 4.78 is 11.3. The van der Waals surface area contributed by atoms with Gasteiger partial charge in [-0.1, -0.05) is 115 Å². The molecule has 0 aromatic heterocycles. The second-order valence-electron chi connectivity index (χ2n) is 12.2. The molecule has 2 rings (SSSR count). The molecule has 0 saturated carbocycles. The molecule has 0 amide bonds. The lowest BCUT2D eigenvalue weighted by atomic mass is 10.1. The average Bonchev–Trinajstić information content (AvgIpc) is 3.88. The van der Waals surface area contributed by atoms with Gasteiger partial charge < -0.3 is 19.7 Å². The molecule has 2 fully saturated rings. The molecule has 2 aliphatic rings. The number of carbonyl (C=O) groups is 2. The van der Waals surface area contributed by atoms with Crippen molar-refractivity contribution in [2.24, 2.45) is 0 Å². The monoisotopic (exact) mass is 592 g/mol. The maximum Gasteiger partial charge on any atom is 0.303 e. The first-order chi connectivity index (χ1) is 20.5. The molecule has 0 aliphatic carbocycles. The van der Waals surface area contributed by atoms with Crippen molar-refractivity contribution in [1.82, 2.24) is 0 Å². The van der Waals surface area contributed by atoms with E-state index in [1.54, 1.807) is 0 Å². The van der Waals surface area contributed by atoms with Gasteiger partial charge in [-0.15, -0.1) is 0 Å². The molecular formula is C36H64O6. The minimum atomic E-state index is -0.673. The van der Waals surface area contributed by atoms with Crippen molar-refractivity contribution in [2.75, 3.05) is 0 Å². The van der Waals surface area contributed by atoms with Gasteiger partial charge in [-0.05, 0) is 64.2 Å². The van der Waals surface area contributed by atoms with Gasteiger partial charge in [-0.25, -0.2) is 0 Å². The molecule has 0 aromatic rings. The van der Waals surface area contributed by atoms with E-state index in [-0.39, 0.29) is 0 Å². The minimum Gasteiger partial charge on any atom is -0.481 e. The number of allylic oxidation sites excluding steroid dienone is 2. The van der Waals surface area contributed by atoms with Crippen molar-refractivity contribution in [3.8, 4) is 0 Å². The lowest BCUT2D eigenvalue weighted by Gasteiger charge is -1.98. The van der Waals surface area contributed by atoms with E-state index in [0.29, 0.717) is 37.3 Å². The van der Waals surface area contributed by atoms with Crippen LogP contribution >= 0.6 is 0 Å². The van der Waals surface area contributed by atoms with Crippen molar-refractivity contribution in [3.63, 3.8) is 0 Å². The summed E-state index contributed by atoms with van der Waals surface area (Å²) in [6, 6.07) is 0. The third-order valence-corrected chi connectivity index (χ3v) is 8.15. The molecule has 6 nitrogen and oxygen atoms in total. The zero-order valence-electron chi connectivity index (χ0n) is 27.1. The Hall–Kier alpha value is -1.66. The van der Waals surface area contributed by atoms with Crippen LogP contribution in [0.25, 0.3) is 0 Å². The van der Waals surface area contributed by atoms with Crippen LogP contribution in [0.4, 0.5) is 0 Å². The molecule has 244 valence electrons. The van der Waals surface area contributed by atoms with Gasteiger partial charge in [-0.2, -0.15) is 0 Å². The zero-order chi connectivity index (χ0) is 30.7. The number of aliphatic carboxylic acids is 2. The summed E-state index contributed by atoms with van der Waals surface area (Å²) in [5, 5.41) is 17.0. The fraction of sp³-hybridized carbons (Fsp3) is 0.833. The van der Waals surface area contributed by atoms with E-state index in [4.69, 9.17) is 19.7 Å². The number of ether oxygens (including phenoxy) is 2. The third-order valence-electron chi connectivity index (χ3n) is 8.15. The molecule has 2 aliphatic heterocycles. The molecule has 2 heterocycles. The van der Waals surface area contributed by atoms with Gasteiger partial charge in [0.15, 0.2) is 0 Å². The Labute approximate surface area is 257 Å². The molecule has 0 radical (unpaired) electrons. The van der Waals surface area contributed by atoms with Gasteiger partial charge in [0.05, 0.1) is 24.4 Å². The summed E-state index contributed by atoms with van der Waals surface area (Å²) >= 11 is 0. The summed E-state index contributed by atoms with van der Waals surface area (Å²) in [5.74, 6) is -1.35. The number of rotatable bonds is 28. The Morgan fingerprint density at radius 2 is 0.881 bits per heavy atom. The molecule has 2 saturated heterocycles. The first-order valence-electron chi connectivity index (χ1n) is 17.5. The fourth-order valence-corrected chi connectivity index (χ4v) is 5.31. The van der Waals surface area contributed by atoms with Crippen molar-refractivity contribution in [2.45, 2.75) is 192 Å². The summed E-state index contributed by atoms with van der Waals surface area (Å²) in [6.07, 6.45) is 37.5. The topological polar surface area (TPSA) is 99.7 Å². The molecule has 6 heteroatoms. The third kappa shape index (κ3) is 24.9. The first-order valence-corrected chi connectivity index (χ1v) is 17.5. The van der Waals surface area contributed by atoms with Gasteiger partial charge in [0, 0.05) is 12.8 Å². The Morgan fingerprint density at radius 3 is 1.26 bits per heavy atom. The molecule has 2 N–H and O–H groups in total. The van der Waals surface area contributed by atoms with Crippen molar-refractivity contribution in [1.29, 1.82) is 0 Å². The Bertz CT molecular complexity index is 658. The second-order valence-corrected chi connectivity index (χ2v) is 12.2. The predicted octanol–water partition coefficient (Wildman–Crippen LogP) is 10.2. The van der Waals surface area contributed by atoms with Crippen LogP contribution in [0.3, 0.4) is 0 Å². The molecule has 4 atom stereocenters. The maximum absolute atomic E-state index is 10.3. The minimum absolute atomic E-state index is 0.320. The fourth-order valence-electron chi connectivity index (χ4n) is 5.31. The van der Waals surface area contributed by atoms with Crippen LogP contribution in [0, 0.1) is 0 Å². The number of carboxylic acid groups (broad SMARTS) is 2. The van der Waals surface area contributed by atoms with Crippen LogP contribution in [-0.4, -0.2) is 46.6 Å². The lowest BCUT2D eigenvalue weighted by Crippen LogP contribution is -1.93.